The molecule has 0 aliphatic carbocycles. The maximum atomic E-state index is 11.4. The van der Waals surface area contributed by atoms with E-state index in [9.17, 15) is 8.42 Å². The van der Waals surface area contributed by atoms with Gasteiger partial charge in [0.2, 0.25) is 0 Å². The van der Waals surface area contributed by atoms with E-state index in [1.54, 1.807) is 0 Å². The highest BCUT2D eigenvalue weighted by Gasteiger charge is 2.36. The molecule has 1 aliphatic heterocycles. The zero-order valence-electron chi connectivity index (χ0n) is 13.2. The minimum absolute atomic E-state index is 0.159. The number of nitrogens with zero attached hydrogens (tertiary/aromatic N) is 1. The van der Waals surface area contributed by atoms with Crippen molar-refractivity contribution >= 4 is 9.84 Å². The number of hydrogen-bond acceptors (Lipinski definition) is 4. The van der Waals surface area contributed by atoms with Gasteiger partial charge in [-0.05, 0) is 11.3 Å². The smallest absolute Gasteiger partial charge is 0.148 e. The number of piperazine rings is 1. The lowest BCUT2D eigenvalue weighted by molar-refractivity contribution is 0.0513. The summed E-state index contributed by atoms with van der Waals surface area (Å²) in [6, 6.07) is 0.849. The molecule has 0 spiro atoms. The Balaban J connectivity index is 2.77. The number of rotatable bonds is 4. The van der Waals surface area contributed by atoms with Crippen LogP contribution in [0.25, 0.3) is 0 Å². The van der Waals surface area contributed by atoms with Gasteiger partial charge in [-0.2, -0.15) is 0 Å². The van der Waals surface area contributed by atoms with Crippen LogP contribution in [0.2, 0.25) is 0 Å². The summed E-state index contributed by atoms with van der Waals surface area (Å²) in [7, 11) is -2.89. The van der Waals surface area contributed by atoms with Crippen LogP contribution in [0.3, 0.4) is 0 Å². The van der Waals surface area contributed by atoms with E-state index >= 15 is 0 Å². The zero-order valence-corrected chi connectivity index (χ0v) is 14.0. The summed E-state index contributed by atoms with van der Waals surface area (Å²) in [5.74, 6) is 0.825. The third-order valence-corrected chi connectivity index (χ3v) is 4.92. The van der Waals surface area contributed by atoms with Crippen LogP contribution in [-0.2, 0) is 9.84 Å². The average Bonchev–Trinajstić information content (AvgIpc) is 2.23. The van der Waals surface area contributed by atoms with Crippen LogP contribution in [0, 0.1) is 11.3 Å². The molecule has 1 fully saturated rings. The maximum absolute atomic E-state index is 11.4. The fourth-order valence-electron chi connectivity index (χ4n) is 2.67. The Morgan fingerprint density at radius 3 is 2.32 bits per heavy atom. The lowest BCUT2D eigenvalue weighted by atomic mass is 9.83. The lowest BCUT2D eigenvalue weighted by Gasteiger charge is -2.47. The molecule has 5 heteroatoms. The predicted octanol–water partition coefficient (Wildman–Crippen LogP) is 1.38. The minimum atomic E-state index is -2.89. The molecule has 1 rings (SSSR count). The average molecular weight is 290 g/mol. The molecule has 2 atom stereocenters. The number of sulfone groups is 1. The molecular formula is C14H30N2O2S. The van der Waals surface area contributed by atoms with Gasteiger partial charge in [0.1, 0.15) is 9.84 Å². The molecule has 1 N–H and O–H groups in total. The van der Waals surface area contributed by atoms with Crippen molar-refractivity contribution in [2.24, 2.45) is 11.3 Å². The van der Waals surface area contributed by atoms with E-state index in [0.717, 1.165) is 13.1 Å². The van der Waals surface area contributed by atoms with Crippen molar-refractivity contribution in [2.45, 2.75) is 46.7 Å². The number of hydrogen-bond donors (Lipinski definition) is 1. The highest BCUT2D eigenvalue weighted by Crippen LogP contribution is 2.27. The van der Waals surface area contributed by atoms with Gasteiger partial charge < -0.3 is 5.32 Å². The third kappa shape index (κ3) is 5.40. The van der Waals surface area contributed by atoms with E-state index in [-0.39, 0.29) is 11.2 Å². The fraction of sp³-hybridized carbons (Fsp3) is 1.00. The second-order valence-electron chi connectivity index (χ2n) is 7.27. The molecule has 0 bridgehead atoms. The van der Waals surface area contributed by atoms with Crippen molar-refractivity contribution in [2.75, 3.05) is 31.6 Å². The van der Waals surface area contributed by atoms with E-state index in [4.69, 9.17) is 0 Å². The van der Waals surface area contributed by atoms with Gasteiger partial charge in [-0.15, -0.1) is 0 Å². The second-order valence-corrected chi connectivity index (χ2v) is 9.53. The molecule has 1 saturated heterocycles. The molecule has 0 saturated carbocycles. The molecule has 1 heterocycles. The normalized spacial score (nSPS) is 26.9. The van der Waals surface area contributed by atoms with Gasteiger partial charge in [-0.3, -0.25) is 4.90 Å². The van der Waals surface area contributed by atoms with Crippen LogP contribution in [0.1, 0.15) is 34.6 Å². The first-order valence-corrected chi connectivity index (χ1v) is 9.22. The highest BCUT2D eigenvalue weighted by molar-refractivity contribution is 7.90. The molecule has 0 aromatic carbocycles. The van der Waals surface area contributed by atoms with Gasteiger partial charge in [0.15, 0.2) is 0 Å². The Hall–Kier alpha value is -0.130. The molecular weight excluding hydrogens is 260 g/mol. The van der Waals surface area contributed by atoms with E-state index in [2.05, 4.69) is 44.8 Å². The maximum Gasteiger partial charge on any atom is 0.148 e. The van der Waals surface area contributed by atoms with Gasteiger partial charge in [-0.25, -0.2) is 8.42 Å². The Morgan fingerprint density at radius 2 is 1.89 bits per heavy atom. The van der Waals surface area contributed by atoms with E-state index < -0.39 is 9.84 Å². The standard InChI is InChI=1S/C14H30N2O2S/c1-11(2)12-10-16(7-8-19(6,17)18)13(9-15-12)14(3,4)5/h11-13,15H,7-10H2,1-6H3. The van der Waals surface area contributed by atoms with Gasteiger partial charge in [0, 0.05) is 38.0 Å². The summed E-state index contributed by atoms with van der Waals surface area (Å²) in [6.45, 7) is 13.6. The molecule has 0 radical (unpaired) electrons. The van der Waals surface area contributed by atoms with E-state index in [1.807, 2.05) is 0 Å². The molecule has 4 nitrogen and oxygen atoms in total. The van der Waals surface area contributed by atoms with Crippen LogP contribution >= 0.6 is 0 Å². The molecule has 114 valence electrons. The molecule has 0 aromatic rings. The van der Waals surface area contributed by atoms with Crippen LogP contribution in [-0.4, -0.2) is 57.0 Å². The first kappa shape index (κ1) is 16.9. The predicted molar refractivity (Wildman–Crippen MR) is 81.2 cm³/mol. The monoisotopic (exact) mass is 290 g/mol. The van der Waals surface area contributed by atoms with Gasteiger partial charge in [0.25, 0.3) is 0 Å². The number of nitrogens with one attached hydrogen (secondary N) is 1. The summed E-state index contributed by atoms with van der Waals surface area (Å²) in [5, 5.41) is 3.61. The minimum Gasteiger partial charge on any atom is -0.311 e. The first-order valence-electron chi connectivity index (χ1n) is 7.16. The van der Waals surface area contributed by atoms with Gasteiger partial charge in [-0.1, -0.05) is 34.6 Å². The summed E-state index contributed by atoms with van der Waals surface area (Å²) < 4.78 is 22.8. The van der Waals surface area contributed by atoms with Crippen molar-refractivity contribution < 1.29 is 8.42 Å². The Labute approximate surface area is 118 Å². The molecule has 0 amide bonds. The van der Waals surface area contributed by atoms with E-state index in [1.165, 1.54) is 6.26 Å². The van der Waals surface area contributed by atoms with Gasteiger partial charge >= 0.3 is 0 Å². The van der Waals surface area contributed by atoms with Crippen molar-refractivity contribution in [3.63, 3.8) is 0 Å². The summed E-state index contributed by atoms with van der Waals surface area (Å²) >= 11 is 0. The largest absolute Gasteiger partial charge is 0.311 e. The molecule has 0 aromatic heterocycles. The van der Waals surface area contributed by atoms with Crippen LogP contribution < -0.4 is 5.32 Å². The Kier molecular flexibility index (Phi) is 5.43. The van der Waals surface area contributed by atoms with Crippen LogP contribution in [0.15, 0.2) is 0 Å². The van der Waals surface area contributed by atoms with Crippen molar-refractivity contribution in [1.29, 1.82) is 0 Å². The molecule has 1 aliphatic rings. The van der Waals surface area contributed by atoms with Crippen molar-refractivity contribution in [3.8, 4) is 0 Å². The quantitative estimate of drug-likeness (QED) is 0.850. The Bertz CT molecular complexity index is 385. The van der Waals surface area contributed by atoms with Crippen molar-refractivity contribution in [3.05, 3.63) is 0 Å². The SMILES string of the molecule is CC(C)C1CN(CCS(C)(=O)=O)C(C(C)(C)C)CN1. The third-order valence-electron chi connectivity index (χ3n) is 4.00. The fourth-order valence-corrected chi connectivity index (χ4v) is 3.23. The lowest BCUT2D eigenvalue weighted by Crippen LogP contribution is -2.62. The first-order chi connectivity index (χ1) is 8.50. The topological polar surface area (TPSA) is 49.4 Å². The highest BCUT2D eigenvalue weighted by atomic mass is 32.2. The summed E-state index contributed by atoms with van der Waals surface area (Å²) in [4.78, 5) is 2.36. The Morgan fingerprint density at radius 1 is 1.32 bits per heavy atom. The zero-order chi connectivity index (χ0) is 14.8. The summed E-state index contributed by atoms with van der Waals surface area (Å²) in [6.07, 6.45) is 1.32. The van der Waals surface area contributed by atoms with Crippen LogP contribution in [0.4, 0.5) is 0 Å². The molecule has 19 heavy (non-hydrogen) atoms. The molecule has 2 unspecified atom stereocenters. The van der Waals surface area contributed by atoms with E-state index in [0.29, 0.717) is 24.5 Å². The van der Waals surface area contributed by atoms with Crippen LogP contribution in [0.5, 0.6) is 0 Å². The van der Waals surface area contributed by atoms with Crippen molar-refractivity contribution in [1.82, 2.24) is 10.2 Å². The second kappa shape index (κ2) is 6.10. The van der Waals surface area contributed by atoms with Gasteiger partial charge in [0.05, 0.1) is 5.75 Å². The summed E-state index contributed by atoms with van der Waals surface area (Å²) in [5.41, 5.74) is 0.159.